The van der Waals surface area contributed by atoms with Crippen molar-refractivity contribution in [3.05, 3.63) is 57.6 Å². The normalized spacial score (nSPS) is 12.3. The molecule has 1 aromatic heterocycles. The van der Waals surface area contributed by atoms with Gasteiger partial charge in [0.05, 0.1) is 28.3 Å². The molecule has 0 saturated carbocycles. The molecule has 0 radical (unpaired) electrons. The van der Waals surface area contributed by atoms with Crippen molar-refractivity contribution < 1.29 is 17.6 Å². The molecular weight excluding hydrogens is 354 g/mol. The number of hydrogen-bond acceptors (Lipinski definition) is 5. The predicted molar refractivity (Wildman–Crippen MR) is 80.3 cm³/mol. The second-order valence-electron chi connectivity index (χ2n) is 4.54. The lowest BCUT2D eigenvalue weighted by Crippen LogP contribution is -2.30. The van der Waals surface area contributed by atoms with Crippen LogP contribution in [0.2, 0.25) is 5.02 Å². The Morgan fingerprint density at radius 1 is 1.38 bits per heavy atom. The van der Waals surface area contributed by atoms with Gasteiger partial charge in [0, 0.05) is 12.3 Å². The Kier molecular flexibility index (Phi) is 4.81. The van der Waals surface area contributed by atoms with Crippen LogP contribution in [-0.2, 0) is 0 Å². The number of anilines is 1. The zero-order chi connectivity index (χ0) is 18.1. The molecule has 128 valence electrons. The molecule has 0 aliphatic carbocycles. The summed E-state index contributed by atoms with van der Waals surface area (Å²) in [5.41, 5.74) is 2.07. The maximum Gasteiger partial charge on any atom is 0.432 e. The summed E-state index contributed by atoms with van der Waals surface area (Å²) in [6.45, 7) is 0. The van der Waals surface area contributed by atoms with Crippen molar-refractivity contribution in [2.24, 2.45) is 11.6 Å². The Morgan fingerprint density at radius 3 is 2.62 bits per heavy atom. The highest BCUT2D eigenvalue weighted by Crippen LogP contribution is 2.35. The van der Waals surface area contributed by atoms with E-state index in [2.05, 4.69) is 9.97 Å². The van der Waals surface area contributed by atoms with Gasteiger partial charge in [0.2, 0.25) is 0 Å². The molecule has 11 heteroatoms. The number of allylic oxidation sites excluding steroid dienone is 1. The van der Waals surface area contributed by atoms with Crippen LogP contribution in [-0.4, -0.2) is 16.1 Å². The summed E-state index contributed by atoms with van der Waals surface area (Å²) in [5.74, 6) is 4.54. The minimum absolute atomic E-state index is 0.164. The number of aromatic nitrogens is 2. The maximum atomic E-state index is 14.4. The molecule has 0 fully saturated rings. The second-order valence-corrected chi connectivity index (χ2v) is 4.95. The highest BCUT2D eigenvalue weighted by Gasteiger charge is 2.32. The molecule has 0 bridgehead atoms. The van der Waals surface area contributed by atoms with Crippen LogP contribution in [0.1, 0.15) is 0 Å². The molecule has 2 aromatic rings. The Balaban J connectivity index is 2.64. The average Bonchev–Trinajstić information content (AvgIpc) is 2.48. The van der Waals surface area contributed by atoms with Crippen LogP contribution in [0.5, 0.6) is 0 Å². The lowest BCUT2D eigenvalue weighted by molar-refractivity contribution is -0.0928. The van der Waals surface area contributed by atoms with Crippen molar-refractivity contribution in [1.82, 2.24) is 9.97 Å². The van der Waals surface area contributed by atoms with Gasteiger partial charge in [0.25, 0.3) is 5.56 Å². The van der Waals surface area contributed by atoms with Gasteiger partial charge >= 0.3 is 6.18 Å². The van der Waals surface area contributed by atoms with Crippen molar-refractivity contribution >= 4 is 17.3 Å². The standard InChI is InChI=1S/C13H10ClF4N5O/c14-6-1-2-8(23(20)4-9(19)13(16,17)18)11(12(6)15)7-3-10(24)22-5-21-7/h1-5H,19-20H2,(H,21,22,24)/b9-4-. The fourth-order valence-corrected chi connectivity index (χ4v) is 1.95. The Hall–Kier alpha value is -2.59. The quantitative estimate of drug-likeness (QED) is 0.441. The fourth-order valence-electron chi connectivity index (χ4n) is 1.80. The summed E-state index contributed by atoms with van der Waals surface area (Å²) in [5, 5.41) is 0.150. The number of nitrogens with one attached hydrogen (secondary N) is 1. The summed E-state index contributed by atoms with van der Waals surface area (Å²) >= 11 is 5.69. The van der Waals surface area contributed by atoms with Crippen molar-refractivity contribution in [2.75, 3.05) is 5.01 Å². The SMILES string of the molecule is N/C(=C\N(N)c1ccc(Cl)c(F)c1-c1cc(=O)[nH]cn1)C(F)(F)F. The lowest BCUT2D eigenvalue weighted by Gasteiger charge is -2.20. The van der Waals surface area contributed by atoms with E-state index in [0.29, 0.717) is 11.2 Å². The third-order valence-electron chi connectivity index (χ3n) is 2.89. The summed E-state index contributed by atoms with van der Waals surface area (Å²) in [6, 6.07) is 3.22. The summed E-state index contributed by atoms with van der Waals surface area (Å²) in [4.78, 5) is 17.4. The van der Waals surface area contributed by atoms with E-state index < -0.39 is 23.2 Å². The Morgan fingerprint density at radius 2 is 2.04 bits per heavy atom. The summed E-state index contributed by atoms with van der Waals surface area (Å²) in [7, 11) is 0. The van der Waals surface area contributed by atoms with Crippen LogP contribution in [0.4, 0.5) is 23.2 Å². The van der Waals surface area contributed by atoms with Crippen LogP contribution >= 0.6 is 11.6 Å². The molecule has 0 saturated heterocycles. The van der Waals surface area contributed by atoms with E-state index in [9.17, 15) is 22.4 Å². The minimum atomic E-state index is -4.81. The summed E-state index contributed by atoms with van der Waals surface area (Å²) in [6.07, 6.45) is -3.44. The molecule has 2 rings (SSSR count). The number of hydrazine groups is 1. The Bertz CT molecular complexity index is 849. The van der Waals surface area contributed by atoms with Crippen molar-refractivity contribution in [3.63, 3.8) is 0 Å². The third-order valence-corrected chi connectivity index (χ3v) is 3.18. The zero-order valence-corrected chi connectivity index (χ0v) is 12.5. The number of H-pyrrole nitrogens is 1. The van der Waals surface area contributed by atoms with E-state index in [4.69, 9.17) is 23.2 Å². The first-order valence-electron chi connectivity index (χ1n) is 6.22. The number of hydrogen-bond donors (Lipinski definition) is 3. The van der Waals surface area contributed by atoms with Crippen LogP contribution in [0.3, 0.4) is 0 Å². The van der Waals surface area contributed by atoms with Gasteiger partial charge in [0.15, 0.2) is 5.82 Å². The van der Waals surface area contributed by atoms with Crippen LogP contribution in [0.25, 0.3) is 11.3 Å². The van der Waals surface area contributed by atoms with Crippen molar-refractivity contribution in [1.29, 1.82) is 0 Å². The number of alkyl halides is 3. The topological polar surface area (TPSA) is 101 Å². The molecule has 0 unspecified atom stereocenters. The van der Waals surface area contributed by atoms with Gasteiger partial charge in [-0.3, -0.25) is 9.80 Å². The highest BCUT2D eigenvalue weighted by atomic mass is 35.5. The third kappa shape index (κ3) is 3.66. The van der Waals surface area contributed by atoms with E-state index in [0.717, 1.165) is 18.5 Å². The van der Waals surface area contributed by atoms with E-state index in [1.165, 1.54) is 6.07 Å². The molecule has 0 aliphatic rings. The first-order valence-corrected chi connectivity index (χ1v) is 6.60. The molecule has 24 heavy (non-hydrogen) atoms. The molecule has 1 heterocycles. The minimum Gasteiger partial charge on any atom is -0.393 e. The van der Waals surface area contributed by atoms with Gasteiger partial charge in [0.1, 0.15) is 5.70 Å². The van der Waals surface area contributed by atoms with Gasteiger partial charge in [-0.15, -0.1) is 0 Å². The highest BCUT2D eigenvalue weighted by molar-refractivity contribution is 6.31. The van der Waals surface area contributed by atoms with Gasteiger partial charge in [-0.05, 0) is 12.1 Å². The van der Waals surface area contributed by atoms with E-state index in [1.54, 1.807) is 0 Å². The number of rotatable bonds is 3. The van der Waals surface area contributed by atoms with E-state index in [-0.39, 0.29) is 22.0 Å². The molecule has 0 spiro atoms. The van der Waals surface area contributed by atoms with Crippen molar-refractivity contribution in [2.45, 2.75) is 6.18 Å². The van der Waals surface area contributed by atoms with E-state index >= 15 is 0 Å². The van der Waals surface area contributed by atoms with Gasteiger partial charge in [-0.25, -0.2) is 15.2 Å². The largest absolute Gasteiger partial charge is 0.432 e. The van der Waals surface area contributed by atoms with Crippen molar-refractivity contribution in [3.8, 4) is 11.3 Å². The smallest absolute Gasteiger partial charge is 0.393 e. The molecule has 0 aliphatic heterocycles. The van der Waals surface area contributed by atoms with Gasteiger partial charge in [-0.1, -0.05) is 11.6 Å². The van der Waals surface area contributed by atoms with Crippen LogP contribution in [0.15, 0.2) is 41.2 Å². The monoisotopic (exact) mass is 363 g/mol. The molecule has 0 atom stereocenters. The predicted octanol–water partition coefficient (Wildman–Crippen LogP) is 2.27. The molecule has 5 N–H and O–H groups in total. The van der Waals surface area contributed by atoms with Crippen LogP contribution < -0.4 is 22.1 Å². The van der Waals surface area contributed by atoms with E-state index in [1.807, 2.05) is 0 Å². The molecule has 6 nitrogen and oxygen atoms in total. The average molecular weight is 364 g/mol. The van der Waals surface area contributed by atoms with Gasteiger partial charge < -0.3 is 10.7 Å². The molecular formula is C13H10ClF4N5O. The van der Waals surface area contributed by atoms with Crippen LogP contribution in [0, 0.1) is 5.82 Å². The fraction of sp³-hybridized carbons (Fsp3) is 0.0769. The first-order chi connectivity index (χ1) is 11.1. The zero-order valence-electron chi connectivity index (χ0n) is 11.7. The number of benzene rings is 1. The second kappa shape index (κ2) is 6.49. The number of aromatic amines is 1. The number of nitrogens with two attached hydrogens (primary N) is 2. The first kappa shape index (κ1) is 17.8. The molecule has 0 amide bonds. The molecule has 1 aromatic carbocycles. The lowest BCUT2D eigenvalue weighted by atomic mass is 10.1. The number of nitrogens with zero attached hydrogens (tertiary/aromatic N) is 2. The summed E-state index contributed by atoms with van der Waals surface area (Å²) < 4.78 is 51.9. The Labute approximate surface area is 137 Å². The maximum absolute atomic E-state index is 14.4. The number of halogens is 5. The van der Waals surface area contributed by atoms with Gasteiger partial charge in [-0.2, -0.15) is 13.2 Å².